The van der Waals surface area contributed by atoms with E-state index >= 15 is 0 Å². The zero-order chi connectivity index (χ0) is 15.1. The van der Waals surface area contributed by atoms with Gasteiger partial charge >= 0.3 is 0 Å². The molecule has 1 aromatic heterocycles. The topological polar surface area (TPSA) is 59.2 Å². The molecule has 0 aliphatic carbocycles. The van der Waals surface area contributed by atoms with Crippen molar-refractivity contribution < 1.29 is 4.79 Å². The first-order chi connectivity index (χ1) is 10.2. The molecular formula is C17H17N3O. The van der Waals surface area contributed by atoms with Crippen LogP contribution >= 0.6 is 0 Å². The number of nitrogens with zero attached hydrogens (tertiary/aromatic N) is 2. The second-order valence-electron chi connectivity index (χ2n) is 4.58. The van der Waals surface area contributed by atoms with Gasteiger partial charge in [-0.1, -0.05) is 30.0 Å². The zero-order valence-corrected chi connectivity index (χ0v) is 11.9. The third kappa shape index (κ3) is 4.16. The van der Waals surface area contributed by atoms with Crippen molar-refractivity contribution in [2.75, 3.05) is 13.6 Å². The molecule has 106 valence electrons. The molecule has 1 heterocycles. The summed E-state index contributed by atoms with van der Waals surface area (Å²) < 4.78 is 0. The number of hydrogen-bond donors (Lipinski definition) is 1. The summed E-state index contributed by atoms with van der Waals surface area (Å²) >= 11 is 0. The minimum Gasteiger partial charge on any atom is -0.336 e. The van der Waals surface area contributed by atoms with Gasteiger partial charge in [0.05, 0.1) is 6.54 Å². The summed E-state index contributed by atoms with van der Waals surface area (Å²) in [5, 5.41) is 0. The van der Waals surface area contributed by atoms with Gasteiger partial charge in [-0.2, -0.15) is 0 Å². The van der Waals surface area contributed by atoms with Gasteiger partial charge in [-0.3, -0.25) is 9.78 Å². The van der Waals surface area contributed by atoms with Crippen LogP contribution in [0.1, 0.15) is 21.6 Å². The Morgan fingerprint density at radius 2 is 2.00 bits per heavy atom. The maximum atomic E-state index is 12.2. The second-order valence-corrected chi connectivity index (χ2v) is 4.58. The average molecular weight is 279 g/mol. The summed E-state index contributed by atoms with van der Waals surface area (Å²) in [7, 11) is 1.76. The molecule has 1 aromatic carbocycles. The van der Waals surface area contributed by atoms with Crippen LogP contribution < -0.4 is 5.73 Å². The first kappa shape index (κ1) is 14.8. The molecule has 0 radical (unpaired) electrons. The molecule has 0 bridgehead atoms. The van der Waals surface area contributed by atoms with Gasteiger partial charge < -0.3 is 10.6 Å². The molecule has 0 unspecified atom stereocenters. The van der Waals surface area contributed by atoms with Crippen molar-refractivity contribution in [3.63, 3.8) is 0 Å². The first-order valence-corrected chi connectivity index (χ1v) is 6.65. The highest BCUT2D eigenvalue weighted by atomic mass is 16.2. The van der Waals surface area contributed by atoms with E-state index in [1.54, 1.807) is 36.3 Å². The third-order valence-electron chi connectivity index (χ3n) is 2.94. The Morgan fingerprint density at radius 1 is 1.24 bits per heavy atom. The molecule has 0 aliphatic heterocycles. The van der Waals surface area contributed by atoms with Crippen molar-refractivity contribution in [1.29, 1.82) is 0 Å². The van der Waals surface area contributed by atoms with Gasteiger partial charge in [0.25, 0.3) is 5.91 Å². The van der Waals surface area contributed by atoms with Gasteiger partial charge in [-0.15, -0.1) is 0 Å². The molecular weight excluding hydrogens is 262 g/mol. The monoisotopic (exact) mass is 279 g/mol. The maximum absolute atomic E-state index is 12.2. The van der Waals surface area contributed by atoms with Gasteiger partial charge in [0.15, 0.2) is 0 Å². The fourth-order valence-corrected chi connectivity index (χ4v) is 1.88. The average Bonchev–Trinajstić information content (AvgIpc) is 2.54. The smallest absolute Gasteiger partial charge is 0.272 e. The summed E-state index contributed by atoms with van der Waals surface area (Å²) in [4.78, 5) is 17.9. The minimum absolute atomic E-state index is 0.0948. The zero-order valence-electron chi connectivity index (χ0n) is 11.9. The van der Waals surface area contributed by atoms with E-state index in [2.05, 4.69) is 16.8 Å². The Labute approximate surface area is 124 Å². The fraction of sp³-hybridized carbons (Fsp3) is 0.176. The highest BCUT2D eigenvalue weighted by Gasteiger charge is 2.12. The number of rotatable bonds is 3. The normalized spacial score (nSPS) is 9.62. The molecule has 0 saturated carbocycles. The van der Waals surface area contributed by atoms with Crippen molar-refractivity contribution in [3.05, 3.63) is 65.5 Å². The molecule has 1 amide bonds. The lowest BCUT2D eigenvalue weighted by Gasteiger charge is -2.16. The predicted molar refractivity (Wildman–Crippen MR) is 82.4 cm³/mol. The number of carbonyl (C=O) groups excluding carboxylic acids is 1. The molecule has 2 N–H and O–H groups in total. The number of pyridine rings is 1. The highest BCUT2D eigenvalue weighted by Crippen LogP contribution is 2.08. The van der Waals surface area contributed by atoms with Gasteiger partial charge in [0.1, 0.15) is 5.69 Å². The number of carbonyl (C=O) groups is 1. The van der Waals surface area contributed by atoms with Crippen LogP contribution in [0.25, 0.3) is 0 Å². The number of hydrogen-bond acceptors (Lipinski definition) is 3. The lowest BCUT2D eigenvalue weighted by molar-refractivity contribution is 0.0779. The summed E-state index contributed by atoms with van der Waals surface area (Å²) in [6.07, 6.45) is 1.62. The Bertz CT molecular complexity index is 654. The number of benzene rings is 1. The SMILES string of the molecule is CN(Cc1ccc(C#CCN)cc1)C(=O)c1ccccn1. The van der Waals surface area contributed by atoms with Crippen molar-refractivity contribution in [3.8, 4) is 11.8 Å². The van der Waals surface area contributed by atoms with Crippen LogP contribution in [0.5, 0.6) is 0 Å². The van der Waals surface area contributed by atoms with Gasteiger partial charge in [-0.05, 0) is 29.8 Å². The molecule has 4 nitrogen and oxygen atoms in total. The summed E-state index contributed by atoms with van der Waals surface area (Å²) in [6.45, 7) is 0.878. The van der Waals surface area contributed by atoms with E-state index in [1.807, 2.05) is 24.3 Å². The molecule has 21 heavy (non-hydrogen) atoms. The first-order valence-electron chi connectivity index (χ1n) is 6.65. The van der Waals surface area contributed by atoms with E-state index in [4.69, 9.17) is 5.73 Å². The van der Waals surface area contributed by atoms with Crippen LogP contribution in [0.15, 0.2) is 48.7 Å². The van der Waals surface area contributed by atoms with Crippen LogP contribution in [-0.2, 0) is 6.54 Å². The van der Waals surface area contributed by atoms with Crippen LogP contribution in [0.3, 0.4) is 0 Å². The molecule has 0 aliphatic rings. The van der Waals surface area contributed by atoms with Crippen molar-refractivity contribution in [2.45, 2.75) is 6.54 Å². The molecule has 0 spiro atoms. The van der Waals surface area contributed by atoms with Crippen molar-refractivity contribution in [1.82, 2.24) is 9.88 Å². The van der Waals surface area contributed by atoms with Crippen LogP contribution in [0, 0.1) is 11.8 Å². The Hall–Kier alpha value is -2.64. The standard InChI is InChI=1S/C17H17N3O/c1-20(17(21)16-6-2-3-12-19-16)13-15-9-7-14(8-10-15)5-4-11-18/h2-3,6-10,12H,11,13,18H2,1H3. The summed E-state index contributed by atoms with van der Waals surface area (Å²) in [5.41, 5.74) is 7.75. The van der Waals surface area contributed by atoms with Crippen molar-refractivity contribution in [2.24, 2.45) is 5.73 Å². The van der Waals surface area contributed by atoms with Gasteiger partial charge in [0, 0.05) is 25.4 Å². The van der Waals surface area contributed by atoms with E-state index in [0.29, 0.717) is 18.8 Å². The molecule has 0 saturated heterocycles. The third-order valence-corrected chi connectivity index (χ3v) is 2.94. The van der Waals surface area contributed by atoms with Crippen LogP contribution in [0.2, 0.25) is 0 Å². The molecule has 0 fully saturated rings. The van der Waals surface area contributed by atoms with Gasteiger partial charge in [-0.25, -0.2) is 0 Å². The summed E-state index contributed by atoms with van der Waals surface area (Å²) in [5.74, 6) is 5.68. The van der Waals surface area contributed by atoms with E-state index < -0.39 is 0 Å². The second kappa shape index (κ2) is 7.22. The quantitative estimate of drug-likeness (QED) is 0.869. The molecule has 2 rings (SSSR count). The minimum atomic E-state index is -0.0948. The van der Waals surface area contributed by atoms with Crippen LogP contribution in [0.4, 0.5) is 0 Å². The number of amides is 1. The Morgan fingerprint density at radius 3 is 2.62 bits per heavy atom. The highest BCUT2D eigenvalue weighted by molar-refractivity contribution is 5.91. The lowest BCUT2D eigenvalue weighted by Crippen LogP contribution is -2.26. The maximum Gasteiger partial charge on any atom is 0.272 e. The molecule has 2 aromatic rings. The number of aromatic nitrogens is 1. The molecule has 4 heteroatoms. The molecule has 0 atom stereocenters. The Balaban J connectivity index is 2.02. The Kier molecular flexibility index (Phi) is 5.08. The predicted octanol–water partition coefficient (Wildman–Crippen LogP) is 1.66. The van der Waals surface area contributed by atoms with Crippen LogP contribution in [-0.4, -0.2) is 29.4 Å². The van der Waals surface area contributed by atoms with Crippen molar-refractivity contribution >= 4 is 5.91 Å². The summed E-state index contributed by atoms with van der Waals surface area (Å²) in [6, 6.07) is 13.1. The lowest BCUT2D eigenvalue weighted by atomic mass is 10.1. The van der Waals surface area contributed by atoms with E-state index in [-0.39, 0.29) is 5.91 Å². The number of nitrogens with two attached hydrogens (primary N) is 1. The van der Waals surface area contributed by atoms with Gasteiger partial charge in [0.2, 0.25) is 0 Å². The van der Waals surface area contributed by atoms with E-state index in [9.17, 15) is 4.79 Å². The van der Waals surface area contributed by atoms with E-state index in [1.165, 1.54) is 0 Å². The largest absolute Gasteiger partial charge is 0.336 e. The van der Waals surface area contributed by atoms with E-state index in [0.717, 1.165) is 11.1 Å². The fourth-order valence-electron chi connectivity index (χ4n) is 1.88.